The molecule has 0 atom stereocenters. The van der Waals surface area contributed by atoms with Gasteiger partial charge in [0, 0.05) is 55.4 Å². The third-order valence-corrected chi connectivity index (χ3v) is 7.62. The number of anilines is 1. The third-order valence-electron chi connectivity index (χ3n) is 7.62. The first-order chi connectivity index (χ1) is 20.3. The Bertz CT molecular complexity index is 1640. The number of aldehydes is 1. The number of aromatic nitrogens is 1. The molecule has 5 rings (SSSR count). The monoisotopic (exact) mass is 566 g/mol. The minimum atomic E-state index is -0.521. The molecule has 3 aromatic carbocycles. The van der Waals surface area contributed by atoms with Crippen LogP contribution in [0.4, 0.5) is 11.4 Å². The number of benzene rings is 3. The summed E-state index contributed by atoms with van der Waals surface area (Å²) in [5.41, 5.74) is 9.21. The average molecular weight is 567 g/mol. The minimum Gasteiger partial charge on any atom is -0.494 e. The highest BCUT2D eigenvalue weighted by Crippen LogP contribution is 2.35. The molecular formula is C32H34N6O4. The van der Waals surface area contributed by atoms with Gasteiger partial charge in [0.1, 0.15) is 6.29 Å². The Labute approximate surface area is 244 Å². The van der Waals surface area contributed by atoms with Gasteiger partial charge < -0.3 is 20.6 Å². The number of carbonyl (C=O) groups excluding carboxylic acids is 3. The quantitative estimate of drug-likeness (QED) is 0.248. The Morgan fingerprint density at radius 2 is 1.69 bits per heavy atom. The van der Waals surface area contributed by atoms with Gasteiger partial charge in [-0.05, 0) is 37.4 Å². The van der Waals surface area contributed by atoms with Gasteiger partial charge in [-0.25, -0.2) is 9.56 Å². The molecule has 1 aliphatic rings. The molecule has 0 unspecified atom stereocenters. The zero-order valence-electron chi connectivity index (χ0n) is 23.7. The number of aliphatic imine (C=N–C) groups is 1. The Hall–Kier alpha value is -4.64. The molecule has 1 amide bonds. The molecule has 10 heteroatoms. The maximum atomic E-state index is 13.0. The molecule has 42 heavy (non-hydrogen) atoms. The number of nitrogens with zero attached hydrogens (tertiary/aromatic N) is 5. The van der Waals surface area contributed by atoms with E-state index in [1.165, 1.54) is 0 Å². The van der Waals surface area contributed by atoms with Gasteiger partial charge in [0.2, 0.25) is 17.7 Å². The molecule has 0 aliphatic carbocycles. The normalized spacial score (nSPS) is 14.7. The van der Waals surface area contributed by atoms with Gasteiger partial charge in [-0.2, -0.15) is 0 Å². The molecule has 3 N–H and O–H groups in total. The van der Waals surface area contributed by atoms with Crippen molar-refractivity contribution in [2.45, 2.75) is 0 Å². The summed E-state index contributed by atoms with van der Waals surface area (Å²) in [6, 6.07) is 21.5. The van der Waals surface area contributed by atoms with Crippen molar-refractivity contribution in [2.24, 2.45) is 10.7 Å². The van der Waals surface area contributed by atoms with Crippen molar-refractivity contribution in [1.29, 1.82) is 0 Å². The van der Waals surface area contributed by atoms with Crippen LogP contribution in [0.1, 0.15) is 26.3 Å². The molecule has 1 aliphatic heterocycles. The van der Waals surface area contributed by atoms with E-state index in [-0.39, 0.29) is 18.3 Å². The molecule has 1 aromatic heterocycles. The standard InChI is InChI=1S/C32H34N6O4/c1-35-14-16-37(17-15-35)20-29(41)36(2)25-11-9-24(10-12-25)34-31(23-6-4-3-5-7-23)30-26-13-8-22(21-39)18-27(26)38(32(30)42)28(40)19-33/h3-13,18,21,42H,14-17,19-20,33H2,1-2H3. The van der Waals surface area contributed by atoms with Gasteiger partial charge in [-0.1, -0.05) is 42.5 Å². The van der Waals surface area contributed by atoms with Crippen LogP contribution in [0.25, 0.3) is 10.9 Å². The summed E-state index contributed by atoms with van der Waals surface area (Å²) < 4.78 is 1.13. The maximum absolute atomic E-state index is 13.0. The molecule has 0 spiro atoms. The van der Waals surface area contributed by atoms with Crippen molar-refractivity contribution in [3.8, 4) is 5.88 Å². The topological polar surface area (TPSA) is 124 Å². The zero-order valence-corrected chi connectivity index (χ0v) is 23.7. The lowest BCUT2D eigenvalue weighted by Crippen LogP contribution is -2.48. The lowest BCUT2D eigenvalue weighted by Gasteiger charge is -2.32. The highest BCUT2D eigenvalue weighted by atomic mass is 16.3. The molecule has 10 nitrogen and oxygen atoms in total. The minimum absolute atomic E-state index is 0.0118. The summed E-state index contributed by atoms with van der Waals surface area (Å²) in [5, 5.41) is 11.9. The van der Waals surface area contributed by atoms with Crippen LogP contribution in [-0.2, 0) is 4.79 Å². The molecule has 0 bridgehead atoms. The number of piperazine rings is 1. The van der Waals surface area contributed by atoms with Gasteiger partial charge in [0.15, 0.2) is 0 Å². The summed E-state index contributed by atoms with van der Waals surface area (Å²) in [7, 11) is 3.85. The molecule has 1 saturated heterocycles. The second-order valence-electron chi connectivity index (χ2n) is 10.4. The Balaban J connectivity index is 1.52. The van der Waals surface area contributed by atoms with Crippen LogP contribution in [0.15, 0.2) is 77.8 Å². The van der Waals surface area contributed by atoms with Crippen LogP contribution < -0.4 is 10.6 Å². The van der Waals surface area contributed by atoms with Gasteiger partial charge in [0.25, 0.3) is 0 Å². The molecule has 1 fully saturated rings. The number of likely N-dealkylation sites (N-methyl/N-ethyl adjacent to an activating group) is 2. The molecule has 0 saturated carbocycles. The number of hydrogen-bond acceptors (Lipinski definition) is 8. The number of carbonyl (C=O) groups is 3. The van der Waals surface area contributed by atoms with E-state index < -0.39 is 5.91 Å². The highest BCUT2D eigenvalue weighted by molar-refractivity contribution is 6.23. The van der Waals surface area contributed by atoms with Gasteiger partial charge >= 0.3 is 0 Å². The summed E-state index contributed by atoms with van der Waals surface area (Å²) in [4.78, 5) is 48.2. The molecule has 4 aromatic rings. The number of nitrogens with two attached hydrogens (primary N) is 1. The fraction of sp³-hybridized carbons (Fsp3) is 0.250. The Kier molecular flexibility index (Phi) is 8.58. The molecular weight excluding hydrogens is 532 g/mol. The van der Waals surface area contributed by atoms with Crippen LogP contribution in [0.5, 0.6) is 5.88 Å². The number of rotatable bonds is 8. The second kappa shape index (κ2) is 12.5. The van der Waals surface area contributed by atoms with E-state index in [0.717, 1.165) is 42.0 Å². The lowest BCUT2D eigenvalue weighted by molar-refractivity contribution is -0.119. The SMILES string of the molecule is CN1CCN(CC(=O)N(C)c2ccc(N=C(c3ccccc3)c3c(O)n(C(=O)CN)c4cc(C=O)ccc34)cc2)CC1. The lowest BCUT2D eigenvalue weighted by atomic mass is 10.00. The second-order valence-corrected chi connectivity index (χ2v) is 10.4. The van der Waals surface area contributed by atoms with Crippen molar-refractivity contribution in [2.75, 3.05) is 58.3 Å². The predicted molar refractivity (Wildman–Crippen MR) is 164 cm³/mol. The van der Waals surface area contributed by atoms with E-state index in [1.807, 2.05) is 54.6 Å². The van der Waals surface area contributed by atoms with Gasteiger partial charge in [-0.3, -0.25) is 19.3 Å². The first-order valence-electron chi connectivity index (χ1n) is 13.8. The highest BCUT2D eigenvalue weighted by Gasteiger charge is 2.25. The van der Waals surface area contributed by atoms with Crippen molar-refractivity contribution in [3.05, 3.63) is 89.5 Å². The number of amides is 1. The first kappa shape index (κ1) is 28.9. The zero-order chi connectivity index (χ0) is 29.8. The number of fused-ring (bicyclic) bond motifs is 1. The van der Waals surface area contributed by atoms with Crippen molar-refractivity contribution < 1.29 is 19.5 Å². The van der Waals surface area contributed by atoms with E-state index >= 15 is 0 Å². The first-order valence-corrected chi connectivity index (χ1v) is 13.8. The van der Waals surface area contributed by atoms with Crippen molar-refractivity contribution in [3.63, 3.8) is 0 Å². The summed E-state index contributed by atoms with van der Waals surface area (Å²) in [5.74, 6) is -0.817. The molecule has 216 valence electrons. The molecule has 0 radical (unpaired) electrons. The van der Waals surface area contributed by atoms with E-state index in [4.69, 9.17) is 10.7 Å². The molecule has 2 heterocycles. The van der Waals surface area contributed by atoms with E-state index in [0.29, 0.717) is 46.3 Å². The van der Waals surface area contributed by atoms with Crippen LogP contribution in [-0.4, -0.2) is 96.6 Å². The van der Waals surface area contributed by atoms with Gasteiger partial charge in [-0.15, -0.1) is 0 Å². The predicted octanol–water partition coefficient (Wildman–Crippen LogP) is 3.14. The largest absolute Gasteiger partial charge is 0.494 e. The Morgan fingerprint density at radius 1 is 1.00 bits per heavy atom. The van der Waals surface area contributed by atoms with Gasteiger partial charge in [0.05, 0.1) is 35.6 Å². The average Bonchev–Trinajstić information content (AvgIpc) is 3.31. The van der Waals surface area contributed by atoms with E-state index in [1.54, 1.807) is 30.1 Å². The summed E-state index contributed by atoms with van der Waals surface area (Å²) in [6.07, 6.45) is 0.682. The number of aromatic hydroxyl groups is 1. The maximum Gasteiger partial charge on any atom is 0.247 e. The van der Waals surface area contributed by atoms with E-state index in [9.17, 15) is 19.5 Å². The fourth-order valence-electron chi connectivity index (χ4n) is 5.13. The van der Waals surface area contributed by atoms with Crippen LogP contribution in [0.2, 0.25) is 0 Å². The third kappa shape index (κ3) is 5.87. The summed E-state index contributed by atoms with van der Waals surface area (Å²) in [6.45, 7) is 3.65. The fourth-order valence-corrected chi connectivity index (χ4v) is 5.13. The smallest absolute Gasteiger partial charge is 0.247 e. The number of hydrogen-bond donors (Lipinski definition) is 2. The van der Waals surface area contributed by atoms with Crippen LogP contribution in [0, 0.1) is 0 Å². The van der Waals surface area contributed by atoms with Crippen LogP contribution >= 0.6 is 0 Å². The van der Waals surface area contributed by atoms with Crippen LogP contribution in [0.3, 0.4) is 0 Å². The Morgan fingerprint density at radius 3 is 2.33 bits per heavy atom. The van der Waals surface area contributed by atoms with Crippen molar-refractivity contribution >= 4 is 46.1 Å². The van der Waals surface area contributed by atoms with E-state index in [2.05, 4.69) is 16.8 Å². The summed E-state index contributed by atoms with van der Waals surface area (Å²) >= 11 is 0. The van der Waals surface area contributed by atoms with Crippen molar-refractivity contribution in [1.82, 2.24) is 14.4 Å².